The molecule has 1 aliphatic heterocycles. The summed E-state index contributed by atoms with van der Waals surface area (Å²) in [7, 11) is 0. The van der Waals surface area contributed by atoms with E-state index in [9.17, 15) is 14.4 Å². The second-order valence-electron chi connectivity index (χ2n) is 4.76. The van der Waals surface area contributed by atoms with E-state index < -0.39 is 5.97 Å². The van der Waals surface area contributed by atoms with Gasteiger partial charge < -0.3 is 15.7 Å². The molecule has 0 spiro atoms. The summed E-state index contributed by atoms with van der Waals surface area (Å²) in [4.78, 5) is 35.4. The fourth-order valence-electron chi connectivity index (χ4n) is 2.22. The first-order valence-corrected chi connectivity index (χ1v) is 6.31. The number of aromatic carboxylic acids is 1. The number of carboxylic acid groups (broad SMARTS) is 1. The van der Waals surface area contributed by atoms with E-state index in [1.54, 1.807) is 4.90 Å². The van der Waals surface area contributed by atoms with Crippen molar-refractivity contribution >= 4 is 17.8 Å². The molecule has 1 fully saturated rings. The molecule has 0 saturated carbocycles. The highest BCUT2D eigenvalue weighted by atomic mass is 16.4. The van der Waals surface area contributed by atoms with Crippen LogP contribution >= 0.6 is 0 Å². The van der Waals surface area contributed by atoms with Gasteiger partial charge in [0, 0.05) is 25.2 Å². The molecule has 1 aromatic heterocycles. The highest BCUT2D eigenvalue weighted by molar-refractivity contribution is 5.85. The standard InChI is InChI=1S/C12H16N4O4/c13-11(18)8-1-4-15(5-2-8)10(17)7-16-6-3-9(14-16)12(19)20/h3,6,8H,1-2,4-5,7H2,(H2,13,18)(H,19,20). The van der Waals surface area contributed by atoms with Crippen molar-refractivity contribution in [3.8, 4) is 0 Å². The number of rotatable bonds is 4. The summed E-state index contributed by atoms with van der Waals surface area (Å²) < 4.78 is 1.30. The maximum Gasteiger partial charge on any atom is 0.356 e. The molecule has 8 heteroatoms. The molecule has 1 aliphatic rings. The molecule has 0 bridgehead atoms. The van der Waals surface area contributed by atoms with Gasteiger partial charge in [0.15, 0.2) is 5.69 Å². The minimum atomic E-state index is -1.13. The molecule has 20 heavy (non-hydrogen) atoms. The number of nitrogens with zero attached hydrogens (tertiary/aromatic N) is 3. The van der Waals surface area contributed by atoms with Crippen LogP contribution in [0.25, 0.3) is 0 Å². The summed E-state index contributed by atoms with van der Waals surface area (Å²) in [6.07, 6.45) is 2.60. The van der Waals surface area contributed by atoms with Gasteiger partial charge in [-0.2, -0.15) is 5.10 Å². The quantitative estimate of drug-likeness (QED) is 0.756. The topological polar surface area (TPSA) is 119 Å². The van der Waals surface area contributed by atoms with Crippen LogP contribution in [0, 0.1) is 5.92 Å². The number of amides is 2. The summed E-state index contributed by atoms with van der Waals surface area (Å²) in [6.45, 7) is 0.966. The van der Waals surface area contributed by atoms with Crippen molar-refractivity contribution in [2.24, 2.45) is 11.7 Å². The predicted octanol–water partition coefficient (Wildman–Crippen LogP) is -0.695. The molecule has 2 heterocycles. The Bertz CT molecular complexity index is 531. The molecule has 0 unspecified atom stereocenters. The van der Waals surface area contributed by atoms with Gasteiger partial charge in [0.1, 0.15) is 6.54 Å². The van der Waals surface area contributed by atoms with Crippen molar-refractivity contribution in [3.05, 3.63) is 18.0 Å². The summed E-state index contributed by atoms with van der Waals surface area (Å²) in [5.74, 6) is -1.76. The normalized spacial score (nSPS) is 16.1. The number of hydrogen-bond donors (Lipinski definition) is 2. The zero-order chi connectivity index (χ0) is 14.7. The highest BCUT2D eigenvalue weighted by Gasteiger charge is 2.26. The highest BCUT2D eigenvalue weighted by Crippen LogP contribution is 2.16. The SMILES string of the molecule is NC(=O)C1CCN(C(=O)Cn2ccc(C(=O)O)n2)CC1. The number of carboxylic acids is 1. The minimum Gasteiger partial charge on any atom is -0.476 e. The van der Waals surface area contributed by atoms with Gasteiger partial charge in [0.25, 0.3) is 0 Å². The fraction of sp³-hybridized carbons (Fsp3) is 0.500. The van der Waals surface area contributed by atoms with Crippen molar-refractivity contribution in [2.45, 2.75) is 19.4 Å². The number of carbonyl (C=O) groups excluding carboxylic acids is 2. The Morgan fingerprint density at radius 1 is 1.35 bits per heavy atom. The van der Waals surface area contributed by atoms with Crippen LogP contribution in [0.15, 0.2) is 12.3 Å². The Morgan fingerprint density at radius 3 is 2.50 bits per heavy atom. The minimum absolute atomic E-state index is 0.00544. The molecule has 1 saturated heterocycles. The van der Waals surface area contributed by atoms with E-state index in [0.717, 1.165) is 0 Å². The van der Waals surface area contributed by atoms with Gasteiger partial charge in [0.05, 0.1) is 0 Å². The smallest absolute Gasteiger partial charge is 0.356 e. The Kier molecular flexibility index (Phi) is 4.02. The third kappa shape index (κ3) is 3.14. The maximum absolute atomic E-state index is 12.0. The number of nitrogens with two attached hydrogens (primary N) is 1. The van der Waals surface area contributed by atoms with Crippen molar-refractivity contribution in [1.29, 1.82) is 0 Å². The Labute approximate surface area is 115 Å². The first-order chi connectivity index (χ1) is 9.47. The van der Waals surface area contributed by atoms with Crippen molar-refractivity contribution in [2.75, 3.05) is 13.1 Å². The molecule has 1 aromatic rings. The summed E-state index contributed by atoms with van der Waals surface area (Å²) in [6, 6.07) is 1.34. The molecule has 8 nitrogen and oxygen atoms in total. The van der Waals surface area contributed by atoms with E-state index in [1.165, 1.54) is 16.9 Å². The van der Waals surface area contributed by atoms with Crippen LogP contribution in [0.4, 0.5) is 0 Å². The van der Waals surface area contributed by atoms with E-state index in [-0.39, 0.29) is 30.0 Å². The van der Waals surface area contributed by atoms with Gasteiger partial charge in [-0.25, -0.2) is 4.79 Å². The third-order valence-corrected chi connectivity index (χ3v) is 3.41. The lowest BCUT2D eigenvalue weighted by atomic mass is 9.96. The number of primary amides is 1. The fourth-order valence-corrected chi connectivity index (χ4v) is 2.22. The molecule has 2 amide bonds. The van der Waals surface area contributed by atoms with E-state index in [0.29, 0.717) is 25.9 Å². The van der Waals surface area contributed by atoms with Crippen LogP contribution in [0.3, 0.4) is 0 Å². The molecule has 0 aromatic carbocycles. The van der Waals surface area contributed by atoms with E-state index in [4.69, 9.17) is 10.8 Å². The lowest BCUT2D eigenvalue weighted by Crippen LogP contribution is -2.43. The van der Waals surface area contributed by atoms with E-state index in [1.807, 2.05) is 0 Å². The van der Waals surface area contributed by atoms with Gasteiger partial charge in [-0.3, -0.25) is 14.3 Å². The van der Waals surface area contributed by atoms with Crippen LogP contribution in [-0.2, 0) is 16.1 Å². The monoisotopic (exact) mass is 280 g/mol. The lowest BCUT2D eigenvalue weighted by molar-refractivity contribution is -0.135. The summed E-state index contributed by atoms with van der Waals surface area (Å²) in [5, 5.41) is 12.5. The van der Waals surface area contributed by atoms with E-state index >= 15 is 0 Å². The van der Waals surface area contributed by atoms with Crippen molar-refractivity contribution < 1.29 is 19.5 Å². The van der Waals surface area contributed by atoms with Gasteiger partial charge >= 0.3 is 5.97 Å². The zero-order valence-corrected chi connectivity index (χ0v) is 10.9. The number of carbonyl (C=O) groups is 3. The summed E-state index contributed by atoms with van der Waals surface area (Å²) >= 11 is 0. The predicted molar refractivity (Wildman–Crippen MR) is 67.7 cm³/mol. The molecule has 0 aliphatic carbocycles. The molecule has 0 atom stereocenters. The molecule has 2 rings (SSSR count). The first kappa shape index (κ1) is 14.0. The lowest BCUT2D eigenvalue weighted by Gasteiger charge is -2.30. The largest absolute Gasteiger partial charge is 0.476 e. The maximum atomic E-state index is 12.0. The first-order valence-electron chi connectivity index (χ1n) is 6.31. The second kappa shape index (κ2) is 5.72. The molecule has 3 N–H and O–H groups in total. The average Bonchev–Trinajstić information content (AvgIpc) is 2.87. The van der Waals surface area contributed by atoms with Crippen molar-refractivity contribution in [1.82, 2.24) is 14.7 Å². The van der Waals surface area contributed by atoms with Crippen molar-refractivity contribution in [3.63, 3.8) is 0 Å². The number of piperidine rings is 1. The van der Waals surface area contributed by atoms with Crippen LogP contribution in [0.2, 0.25) is 0 Å². The van der Waals surface area contributed by atoms with Gasteiger partial charge in [-0.1, -0.05) is 0 Å². The average molecular weight is 280 g/mol. The Balaban J connectivity index is 1.89. The zero-order valence-electron chi connectivity index (χ0n) is 10.9. The number of hydrogen-bond acceptors (Lipinski definition) is 4. The summed E-state index contributed by atoms with van der Waals surface area (Å²) in [5.41, 5.74) is 5.14. The number of likely N-dealkylation sites (tertiary alicyclic amines) is 1. The van der Waals surface area contributed by atoms with Gasteiger partial charge in [-0.05, 0) is 18.9 Å². The third-order valence-electron chi connectivity index (χ3n) is 3.41. The molecule has 0 radical (unpaired) electrons. The Hall–Kier alpha value is -2.38. The Morgan fingerprint density at radius 2 is 2.00 bits per heavy atom. The van der Waals surface area contributed by atoms with Crippen LogP contribution < -0.4 is 5.73 Å². The molecule has 108 valence electrons. The van der Waals surface area contributed by atoms with Gasteiger partial charge in [-0.15, -0.1) is 0 Å². The molecular weight excluding hydrogens is 264 g/mol. The van der Waals surface area contributed by atoms with Gasteiger partial charge in [0.2, 0.25) is 11.8 Å². The van der Waals surface area contributed by atoms with Crippen LogP contribution in [0.1, 0.15) is 23.3 Å². The molecular formula is C12H16N4O4. The van der Waals surface area contributed by atoms with Crippen LogP contribution in [0.5, 0.6) is 0 Å². The number of aromatic nitrogens is 2. The second-order valence-corrected chi connectivity index (χ2v) is 4.76. The van der Waals surface area contributed by atoms with E-state index in [2.05, 4.69) is 5.10 Å². The van der Waals surface area contributed by atoms with Crippen LogP contribution in [-0.4, -0.2) is 50.7 Å².